The number of halogens is 1. The molecule has 0 radical (unpaired) electrons. The van der Waals surface area contributed by atoms with E-state index in [-0.39, 0.29) is 11.7 Å². The van der Waals surface area contributed by atoms with Gasteiger partial charge in [0.25, 0.3) is 0 Å². The van der Waals surface area contributed by atoms with Crippen molar-refractivity contribution < 1.29 is 9.18 Å². The quantitative estimate of drug-likeness (QED) is 0.686. The van der Waals surface area contributed by atoms with Gasteiger partial charge in [-0.05, 0) is 12.1 Å². The Bertz CT molecular complexity index is 333. The standard InChI is InChI=1S/C10H10FNO/c1-12-10(13)7-6-8-4-2-3-5-9(8)11/h2-7H,1H3,(H,12,13). The summed E-state index contributed by atoms with van der Waals surface area (Å²) in [5.41, 5.74) is 0.408. The zero-order valence-electron chi connectivity index (χ0n) is 7.25. The van der Waals surface area contributed by atoms with Crippen molar-refractivity contribution >= 4 is 12.0 Å². The first-order chi connectivity index (χ1) is 6.24. The monoisotopic (exact) mass is 179 g/mol. The van der Waals surface area contributed by atoms with Crippen LogP contribution in [-0.4, -0.2) is 13.0 Å². The number of hydrogen-bond donors (Lipinski definition) is 1. The molecule has 1 aromatic carbocycles. The maximum absolute atomic E-state index is 13.0. The molecule has 0 aliphatic rings. The van der Waals surface area contributed by atoms with Crippen LogP contribution < -0.4 is 5.32 Å². The Morgan fingerprint density at radius 2 is 2.15 bits per heavy atom. The van der Waals surface area contributed by atoms with E-state index in [2.05, 4.69) is 5.32 Å². The molecule has 68 valence electrons. The van der Waals surface area contributed by atoms with Crippen molar-refractivity contribution in [1.29, 1.82) is 0 Å². The first kappa shape index (κ1) is 9.45. The number of carbonyl (C=O) groups is 1. The van der Waals surface area contributed by atoms with Crippen LogP contribution in [0.25, 0.3) is 6.08 Å². The molecule has 3 heteroatoms. The van der Waals surface area contributed by atoms with Crippen molar-refractivity contribution in [3.63, 3.8) is 0 Å². The Hall–Kier alpha value is -1.64. The molecule has 0 aliphatic carbocycles. The van der Waals surface area contributed by atoms with Crippen LogP contribution in [0, 0.1) is 5.82 Å². The number of nitrogens with one attached hydrogen (secondary N) is 1. The SMILES string of the molecule is CNC(=O)C=Cc1ccccc1F. The summed E-state index contributed by atoms with van der Waals surface area (Å²) >= 11 is 0. The summed E-state index contributed by atoms with van der Waals surface area (Å²) < 4.78 is 13.0. The average molecular weight is 179 g/mol. The van der Waals surface area contributed by atoms with Gasteiger partial charge in [0.1, 0.15) is 5.82 Å². The minimum Gasteiger partial charge on any atom is -0.356 e. The Labute approximate surface area is 76.1 Å². The highest BCUT2D eigenvalue weighted by Gasteiger charge is 1.95. The van der Waals surface area contributed by atoms with Gasteiger partial charge in [0.2, 0.25) is 5.91 Å². The van der Waals surface area contributed by atoms with E-state index < -0.39 is 0 Å². The Morgan fingerprint density at radius 3 is 2.77 bits per heavy atom. The van der Waals surface area contributed by atoms with Crippen LogP contribution in [0.1, 0.15) is 5.56 Å². The highest BCUT2D eigenvalue weighted by atomic mass is 19.1. The fourth-order valence-electron chi connectivity index (χ4n) is 0.859. The fourth-order valence-corrected chi connectivity index (χ4v) is 0.859. The molecule has 0 saturated heterocycles. The number of hydrogen-bond acceptors (Lipinski definition) is 1. The first-order valence-corrected chi connectivity index (χ1v) is 3.88. The van der Waals surface area contributed by atoms with Crippen LogP contribution in [0.3, 0.4) is 0 Å². The van der Waals surface area contributed by atoms with E-state index >= 15 is 0 Å². The number of benzene rings is 1. The molecule has 0 aliphatic heterocycles. The van der Waals surface area contributed by atoms with Crippen molar-refractivity contribution in [3.8, 4) is 0 Å². The summed E-state index contributed by atoms with van der Waals surface area (Å²) in [5.74, 6) is -0.578. The third-order valence-electron chi connectivity index (χ3n) is 1.57. The maximum atomic E-state index is 13.0. The predicted octanol–water partition coefficient (Wildman–Crippen LogP) is 1.58. The van der Waals surface area contributed by atoms with Gasteiger partial charge in [0.15, 0.2) is 0 Å². The molecule has 13 heavy (non-hydrogen) atoms. The molecule has 2 nitrogen and oxygen atoms in total. The van der Waals surface area contributed by atoms with Crippen LogP contribution in [0.5, 0.6) is 0 Å². The topological polar surface area (TPSA) is 29.1 Å². The van der Waals surface area contributed by atoms with E-state index in [1.165, 1.54) is 25.3 Å². The lowest BCUT2D eigenvalue weighted by Crippen LogP contribution is -2.13. The molecule has 0 aromatic heterocycles. The van der Waals surface area contributed by atoms with Crippen LogP contribution in [-0.2, 0) is 4.79 Å². The summed E-state index contributed by atoms with van der Waals surface area (Å²) in [7, 11) is 1.52. The molecule has 1 N–H and O–H groups in total. The summed E-state index contributed by atoms with van der Waals surface area (Å²) in [5, 5.41) is 2.41. The van der Waals surface area contributed by atoms with Crippen LogP contribution in [0.15, 0.2) is 30.3 Å². The maximum Gasteiger partial charge on any atom is 0.243 e. The molecule has 0 heterocycles. The van der Waals surface area contributed by atoms with Gasteiger partial charge in [-0.25, -0.2) is 4.39 Å². The van der Waals surface area contributed by atoms with E-state index in [4.69, 9.17) is 0 Å². The summed E-state index contributed by atoms with van der Waals surface area (Å²) in [6.45, 7) is 0. The lowest BCUT2D eigenvalue weighted by atomic mass is 10.2. The van der Waals surface area contributed by atoms with Gasteiger partial charge in [0, 0.05) is 18.7 Å². The van der Waals surface area contributed by atoms with Crippen molar-refractivity contribution in [1.82, 2.24) is 5.32 Å². The average Bonchev–Trinajstić information content (AvgIpc) is 2.16. The van der Waals surface area contributed by atoms with Crippen LogP contribution in [0.4, 0.5) is 4.39 Å². The lowest BCUT2D eigenvalue weighted by molar-refractivity contribution is -0.115. The first-order valence-electron chi connectivity index (χ1n) is 3.88. The van der Waals surface area contributed by atoms with Crippen molar-refractivity contribution in [3.05, 3.63) is 41.7 Å². The third kappa shape index (κ3) is 2.71. The van der Waals surface area contributed by atoms with E-state index in [1.54, 1.807) is 18.2 Å². The van der Waals surface area contributed by atoms with Gasteiger partial charge in [-0.2, -0.15) is 0 Å². The zero-order valence-corrected chi connectivity index (χ0v) is 7.25. The van der Waals surface area contributed by atoms with Gasteiger partial charge in [-0.15, -0.1) is 0 Å². The third-order valence-corrected chi connectivity index (χ3v) is 1.57. The summed E-state index contributed by atoms with van der Waals surface area (Å²) in [6, 6.07) is 6.28. The number of rotatable bonds is 2. The molecule has 0 bridgehead atoms. The minimum absolute atomic E-state index is 0.247. The van der Waals surface area contributed by atoms with Crippen molar-refractivity contribution in [2.45, 2.75) is 0 Å². The van der Waals surface area contributed by atoms with E-state index in [1.807, 2.05) is 0 Å². The summed E-state index contributed by atoms with van der Waals surface area (Å²) in [4.78, 5) is 10.8. The molecular formula is C10H10FNO. The highest BCUT2D eigenvalue weighted by Crippen LogP contribution is 2.07. The molecule has 0 unspecified atom stereocenters. The second kappa shape index (κ2) is 4.40. The fraction of sp³-hybridized carbons (Fsp3) is 0.100. The summed E-state index contributed by atoms with van der Waals surface area (Å²) in [6.07, 6.45) is 2.73. The van der Waals surface area contributed by atoms with Gasteiger partial charge in [0.05, 0.1) is 0 Å². The second-order valence-corrected chi connectivity index (χ2v) is 2.47. The van der Waals surface area contributed by atoms with E-state index in [0.717, 1.165) is 0 Å². The van der Waals surface area contributed by atoms with Crippen LogP contribution >= 0.6 is 0 Å². The second-order valence-electron chi connectivity index (χ2n) is 2.47. The van der Waals surface area contributed by atoms with Gasteiger partial charge in [-0.3, -0.25) is 4.79 Å². The molecule has 1 rings (SSSR count). The largest absolute Gasteiger partial charge is 0.356 e. The highest BCUT2D eigenvalue weighted by molar-refractivity contribution is 5.91. The number of amides is 1. The molecule has 1 amide bonds. The van der Waals surface area contributed by atoms with E-state index in [0.29, 0.717) is 5.56 Å². The normalized spacial score (nSPS) is 10.3. The number of carbonyl (C=O) groups excluding carboxylic acids is 1. The van der Waals surface area contributed by atoms with Gasteiger partial charge >= 0.3 is 0 Å². The van der Waals surface area contributed by atoms with Gasteiger partial charge in [-0.1, -0.05) is 18.2 Å². The zero-order chi connectivity index (χ0) is 9.68. The molecule has 0 atom stereocenters. The Kier molecular flexibility index (Phi) is 3.20. The molecule has 0 saturated carbocycles. The molecular weight excluding hydrogens is 169 g/mol. The van der Waals surface area contributed by atoms with E-state index in [9.17, 15) is 9.18 Å². The Balaban J connectivity index is 2.80. The molecule has 0 spiro atoms. The minimum atomic E-state index is -0.331. The van der Waals surface area contributed by atoms with Gasteiger partial charge < -0.3 is 5.32 Å². The van der Waals surface area contributed by atoms with Crippen LogP contribution in [0.2, 0.25) is 0 Å². The molecule has 1 aromatic rings. The van der Waals surface area contributed by atoms with Crippen molar-refractivity contribution in [2.24, 2.45) is 0 Å². The Morgan fingerprint density at radius 1 is 1.46 bits per heavy atom. The molecule has 0 fully saturated rings. The van der Waals surface area contributed by atoms with Crippen molar-refractivity contribution in [2.75, 3.05) is 7.05 Å². The predicted molar refractivity (Wildman–Crippen MR) is 49.5 cm³/mol. The number of likely N-dealkylation sites (N-methyl/N-ethyl adjacent to an activating group) is 1. The smallest absolute Gasteiger partial charge is 0.243 e. The lowest BCUT2D eigenvalue weighted by Gasteiger charge is -1.94.